The summed E-state index contributed by atoms with van der Waals surface area (Å²) in [6.07, 6.45) is 3.31. The van der Waals surface area contributed by atoms with Crippen LogP contribution in [-0.2, 0) is 13.5 Å². The van der Waals surface area contributed by atoms with Crippen molar-refractivity contribution in [2.24, 2.45) is 7.05 Å². The predicted octanol–water partition coefficient (Wildman–Crippen LogP) is 3.37. The van der Waals surface area contributed by atoms with Gasteiger partial charge in [-0.2, -0.15) is 0 Å². The van der Waals surface area contributed by atoms with Crippen LogP contribution < -0.4 is 9.88 Å². The molecule has 0 radical (unpaired) electrons. The quantitative estimate of drug-likeness (QED) is 0.730. The van der Waals surface area contributed by atoms with Gasteiger partial charge in [0, 0.05) is 17.6 Å². The zero-order valence-corrected chi connectivity index (χ0v) is 13.1. The maximum Gasteiger partial charge on any atom is 0.276 e. The molecule has 0 fully saturated rings. The van der Waals surface area contributed by atoms with Gasteiger partial charge in [-0.05, 0) is 25.0 Å². The third-order valence-electron chi connectivity index (χ3n) is 4.24. The van der Waals surface area contributed by atoms with Gasteiger partial charge in [0.25, 0.3) is 5.82 Å². The average molecular weight is 280 g/mol. The molecule has 1 aromatic carbocycles. The van der Waals surface area contributed by atoms with Gasteiger partial charge in [0.1, 0.15) is 5.69 Å². The number of fused-ring (bicyclic) bond motifs is 1. The molecule has 0 aliphatic rings. The Bertz CT molecular complexity index is 800. The summed E-state index contributed by atoms with van der Waals surface area (Å²) in [4.78, 5) is 0. The summed E-state index contributed by atoms with van der Waals surface area (Å²) in [5.74, 6) is 1.11. The molecule has 108 valence electrons. The molecule has 0 atom stereocenters. The minimum absolute atomic E-state index is 1.05. The van der Waals surface area contributed by atoms with E-state index in [9.17, 15) is 0 Å². The van der Waals surface area contributed by atoms with E-state index in [0.717, 1.165) is 12.2 Å². The Balaban J connectivity index is 2.28. The van der Waals surface area contributed by atoms with E-state index in [0.29, 0.717) is 0 Å². The molecular formula is C18H22N3+. The Kier molecular flexibility index (Phi) is 3.42. The van der Waals surface area contributed by atoms with Crippen LogP contribution in [0.3, 0.4) is 0 Å². The number of benzene rings is 1. The zero-order valence-electron chi connectivity index (χ0n) is 13.1. The van der Waals surface area contributed by atoms with Crippen molar-refractivity contribution in [2.45, 2.75) is 20.3 Å². The number of rotatable bonds is 3. The molecule has 0 saturated heterocycles. The van der Waals surface area contributed by atoms with Crippen LogP contribution in [-0.4, -0.2) is 11.6 Å². The van der Waals surface area contributed by atoms with Crippen LogP contribution in [0.2, 0.25) is 0 Å². The summed E-state index contributed by atoms with van der Waals surface area (Å²) in [6.45, 7) is 4.35. The summed E-state index contributed by atoms with van der Waals surface area (Å²) in [5.41, 5.74) is 5.09. The molecule has 3 aromatic rings. The molecule has 0 saturated carbocycles. The van der Waals surface area contributed by atoms with Crippen LogP contribution in [0.4, 0.5) is 5.82 Å². The van der Waals surface area contributed by atoms with Crippen LogP contribution >= 0.6 is 0 Å². The highest BCUT2D eigenvalue weighted by molar-refractivity contribution is 5.85. The van der Waals surface area contributed by atoms with Gasteiger partial charge in [-0.3, -0.25) is 5.32 Å². The second kappa shape index (κ2) is 5.24. The highest BCUT2D eigenvalue weighted by Crippen LogP contribution is 2.26. The van der Waals surface area contributed by atoms with Crippen molar-refractivity contribution in [1.82, 2.24) is 4.57 Å². The molecule has 3 heteroatoms. The number of para-hydroxylation sites is 1. The van der Waals surface area contributed by atoms with Gasteiger partial charge in [0.2, 0.25) is 0 Å². The molecule has 2 aromatic heterocycles. The molecule has 21 heavy (non-hydrogen) atoms. The second-order valence-corrected chi connectivity index (χ2v) is 5.44. The van der Waals surface area contributed by atoms with E-state index in [2.05, 4.69) is 77.9 Å². The van der Waals surface area contributed by atoms with Gasteiger partial charge in [0.15, 0.2) is 0 Å². The van der Waals surface area contributed by atoms with Crippen molar-refractivity contribution in [2.75, 3.05) is 12.4 Å². The third-order valence-corrected chi connectivity index (χ3v) is 4.24. The first-order chi connectivity index (χ1) is 10.2. The third kappa shape index (κ3) is 2.19. The van der Waals surface area contributed by atoms with Crippen molar-refractivity contribution < 1.29 is 4.57 Å². The van der Waals surface area contributed by atoms with Crippen molar-refractivity contribution >= 4 is 16.7 Å². The van der Waals surface area contributed by atoms with Crippen LogP contribution in [0.15, 0.2) is 42.6 Å². The number of nitrogens with one attached hydrogen (secondary N) is 1. The Morgan fingerprint density at radius 3 is 2.67 bits per heavy atom. The molecular weight excluding hydrogens is 258 g/mol. The first-order valence-electron chi connectivity index (χ1n) is 7.43. The van der Waals surface area contributed by atoms with Gasteiger partial charge < -0.3 is 4.57 Å². The summed E-state index contributed by atoms with van der Waals surface area (Å²) < 4.78 is 4.46. The van der Waals surface area contributed by atoms with Crippen molar-refractivity contribution in [3.8, 4) is 5.69 Å². The van der Waals surface area contributed by atoms with Gasteiger partial charge in [-0.15, -0.1) is 0 Å². The van der Waals surface area contributed by atoms with Crippen LogP contribution in [0.5, 0.6) is 0 Å². The molecule has 2 heterocycles. The fraction of sp³-hybridized carbons (Fsp3) is 0.278. The molecule has 0 unspecified atom stereocenters. The van der Waals surface area contributed by atoms with Gasteiger partial charge in [0.05, 0.1) is 31.4 Å². The van der Waals surface area contributed by atoms with Gasteiger partial charge in [-0.1, -0.05) is 25.1 Å². The smallest absolute Gasteiger partial charge is 0.276 e. The standard InChI is InChI=1S/C18H21N3/c1-5-14-12-21(17-9-7-6-8-16(14)17)15-10-13(2)20(4)18(11-15)19-3/h6-12H,5H2,1-4H3/p+1. The molecule has 0 bridgehead atoms. The van der Waals surface area contributed by atoms with Crippen LogP contribution in [0, 0.1) is 6.92 Å². The fourth-order valence-electron chi connectivity index (χ4n) is 2.90. The van der Waals surface area contributed by atoms with Gasteiger partial charge >= 0.3 is 0 Å². The lowest BCUT2D eigenvalue weighted by molar-refractivity contribution is -0.663. The van der Waals surface area contributed by atoms with E-state index >= 15 is 0 Å². The molecule has 1 N–H and O–H groups in total. The maximum atomic E-state index is 3.26. The number of pyridine rings is 1. The van der Waals surface area contributed by atoms with Crippen molar-refractivity contribution in [1.29, 1.82) is 0 Å². The topological polar surface area (TPSA) is 20.8 Å². The largest absolute Gasteiger partial charge is 0.316 e. The molecule has 0 spiro atoms. The first-order valence-corrected chi connectivity index (χ1v) is 7.43. The number of hydrogen-bond acceptors (Lipinski definition) is 1. The van der Waals surface area contributed by atoms with E-state index in [1.54, 1.807) is 0 Å². The number of aromatic nitrogens is 2. The molecule has 3 nitrogen and oxygen atoms in total. The maximum absolute atomic E-state index is 3.26. The van der Waals surface area contributed by atoms with E-state index < -0.39 is 0 Å². The summed E-state index contributed by atoms with van der Waals surface area (Å²) in [7, 11) is 4.04. The predicted molar refractivity (Wildman–Crippen MR) is 88.1 cm³/mol. The number of aryl methyl sites for hydroxylation is 2. The number of anilines is 1. The molecule has 0 aliphatic carbocycles. The number of nitrogens with zero attached hydrogens (tertiary/aromatic N) is 2. The Labute approximate surface area is 125 Å². The highest BCUT2D eigenvalue weighted by Gasteiger charge is 2.13. The SMILES string of the molecule is CCc1cn(-c2cc(C)[n+](C)c(NC)c2)c2ccccc12. The lowest BCUT2D eigenvalue weighted by Gasteiger charge is -2.10. The summed E-state index contributed by atoms with van der Waals surface area (Å²) in [6, 6.07) is 13.0. The fourth-order valence-corrected chi connectivity index (χ4v) is 2.90. The van der Waals surface area contributed by atoms with Gasteiger partial charge in [-0.25, -0.2) is 4.57 Å². The first kappa shape index (κ1) is 13.7. The Morgan fingerprint density at radius 2 is 1.95 bits per heavy atom. The van der Waals surface area contributed by atoms with E-state index in [1.807, 2.05) is 7.05 Å². The lowest BCUT2D eigenvalue weighted by Crippen LogP contribution is -2.35. The Hall–Kier alpha value is -2.29. The van der Waals surface area contributed by atoms with Crippen LogP contribution in [0.25, 0.3) is 16.6 Å². The summed E-state index contributed by atoms with van der Waals surface area (Å²) in [5, 5.41) is 4.61. The monoisotopic (exact) mass is 280 g/mol. The van der Waals surface area contributed by atoms with Crippen molar-refractivity contribution in [3.63, 3.8) is 0 Å². The average Bonchev–Trinajstić information content (AvgIpc) is 2.89. The normalized spacial score (nSPS) is 11.0. The molecule has 3 rings (SSSR count). The van der Waals surface area contributed by atoms with E-state index in [1.165, 1.54) is 27.8 Å². The van der Waals surface area contributed by atoms with E-state index in [4.69, 9.17) is 0 Å². The second-order valence-electron chi connectivity index (χ2n) is 5.44. The highest BCUT2D eigenvalue weighted by atomic mass is 15.1. The Morgan fingerprint density at radius 1 is 1.19 bits per heavy atom. The lowest BCUT2D eigenvalue weighted by atomic mass is 10.1. The van der Waals surface area contributed by atoms with E-state index in [-0.39, 0.29) is 0 Å². The molecule has 0 amide bonds. The number of hydrogen-bond donors (Lipinski definition) is 1. The minimum Gasteiger partial charge on any atom is -0.316 e. The summed E-state index contributed by atoms with van der Waals surface area (Å²) >= 11 is 0. The molecule has 0 aliphatic heterocycles. The van der Waals surface area contributed by atoms with Crippen LogP contribution in [0.1, 0.15) is 18.2 Å². The van der Waals surface area contributed by atoms with Crippen molar-refractivity contribution in [3.05, 3.63) is 53.9 Å². The zero-order chi connectivity index (χ0) is 15.0. The minimum atomic E-state index is 1.05.